The van der Waals surface area contributed by atoms with Crippen molar-refractivity contribution >= 4 is 85.8 Å². The number of anilines is 1. The maximum Gasteiger partial charge on any atom is 0.338 e. The zero-order chi connectivity index (χ0) is 38.3. The second-order valence-corrected chi connectivity index (χ2v) is 13.7. The predicted octanol–water partition coefficient (Wildman–Crippen LogP) is 8.98. The smallest absolute Gasteiger partial charge is 0.338 e. The molecule has 0 aromatic heterocycles. The molecule has 0 spiro atoms. The maximum atomic E-state index is 12.6. The van der Waals surface area contributed by atoms with Gasteiger partial charge in [-0.1, -0.05) is 18.2 Å². The van der Waals surface area contributed by atoms with E-state index in [1.165, 1.54) is 18.2 Å². The van der Waals surface area contributed by atoms with Crippen molar-refractivity contribution in [3.8, 4) is 5.75 Å². The number of hydrogen-bond donors (Lipinski definition) is 0. The van der Waals surface area contributed by atoms with Crippen molar-refractivity contribution in [2.45, 2.75) is 0 Å². The minimum Gasteiger partial charge on any atom is -0.487 e. The van der Waals surface area contributed by atoms with Gasteiger partial charge in [0.05, 0.1) is 46.5 Å². The summed E-state index contributed by atoms with van der Waals surface area (Å²) in [6.45, 7) is 0.593. The molecule has 0 saturated heterocycles. The molecule has 276 valence electrons. The van der Waals surface area contributed by atoms with Crippen LogP contribution in [0.15, 0.2) is 132 Å². The summed E-state index contributed by atoms with van der Waals surface area (Å²) in [5, 5.41) is 20.0. The zero-order valence-electron chi connectivity index (χ0n) is 28.5. The standard InChI is InChI=1S/C39H32I2N4O9/c40-30-10-6-28(7-11-30)38(47)52-22-20-44(21-23-53-39(48)29-8-12-31(41)13-9-29)33-16-14-32(15-17-33)42-43-35-19-18-34(45(49)50)26-36(35)51-24-25-54-37(46)27-4-2-1-3-5-27/h1-19,26H,20-25H2. The Hall–Kier alpha value is -5.43. The fraction of sp³-hybridized carbons (Fsp3) is 0.154. The number of nitro benzene ring substituents is 1. The Bertz CT molecular complexity index is 2020. The van der Waals surface area contributed by atoms with E-state index >= 15 is 0 Å². The van der Waals surface area contributed by atoms with Gasteiger partial charge in [-0.3, -0.25) is 10.1 Å². The van der Waals surface area contributed by atoms with Gasteiger partial charge in [0.15, 0.2) is 5.75 Å². The molecule has 0 aliphatic heterocycles. The van der Waals surface area contributed by atoms with E-state index in [0.29, 0.717) is 35.5 Å². The number of halogens is 2. The van der Waals surface area contributed by atoms with Crippen molar-refractivity contribution in [2.75, 3.05) is 44.4 Å². The lowest BCUT2D eigenvalue weighted by Gasteiger charge is -2.24. The molecular weight excluding hydrogens is 922 g/mol. The van der Waals surface area contributed by atoms with E-state index < -0.39 is 22.8 Å². The van der Waals surface area contributed by atoms with E-state index in [-0.39, 0.29) is 43.6 Å². The highest BCUT2D eigenvalue weighted by molar-refractivity contribution is 14.1. The molecule has 0 aliphatic rings. The topological polar surface area (TPSA) is 159 Å². The number of azo groups is 1. The first-order valence-corrected chi connectivity index (χ1v) is 18.6. The quantitative estimate of drug-likeness (QED) is 0.0168. The molecule has 5 aromatic rings. The van der Waals surface area contributed by atoms with Crippen LogP contribution in [0.3, 0.4) is 0 Å². The SMILES string of the molecule is O=C(OCCOc1cc([N+](=O)[O-])ccc1N=Nc1ccc(N(CCOC(=O)c2ccc(I)cc2)CCOC(=O)c2ccc(I)cc2)cc1)c1ccccc1. The summed E-state index contributed by atoms with van der Waals surface area (Å²) >= 11 is 4.32. The molecule has 5 aromatic carbocycles. The van der Waals surface area contributed by atoms with E-state index in [4.69, 9.17) is 18.9 Å². The molecule has 13 nitrogen and oxygen atoms in total. The highest BCUT2D eigenvalue weighted by Crippen LogP contribution is 2.33. The van der Waals surface area contributed by atoms with Crippen LogP contribution in [0.1, 0.15) is 31.1 Å². The lowest BCUT2D eigenvalue weighted by Crippen LogP contribution is -2.32. The number of non-ortho nitro benzene ring substituents is 1. The van der Waals surface area contributed by atoms with Crippen molar-refractivity contribution in [1.82, 2.24) is 0 Å². The minimum absolute atomic E-state index is 0.0751. The molecule has 15 heteroatoms. The molecule has 0 fully saturated rings. The van der Waals surface area contributed by atoms with Crippen LogP contribution in [0.4, 0.5) is 22.7 Å². The van der Waals surface area contributed by atoms with Crippen LogP contribution in [0.25, 0.3) is 0 Å². The molecule has 54 heavy (non-hydrogen) atoms. The van der Waals surface area contributed by atoms with E-state index in [2.05, 4.69) is 55.4 Å². The number of benzene rings is 5. The molecule has 0 radical (unpaired) electrons. The van der Waals surface area contributed by atoms with E-state index in [1.54, 1.807) is 78.9 Å². The first kappa shape index (κ1) is 39.8. The molecule has 0 amide bonds. The van der Waals surface area contributed by atoms with Crippen molar-refractivity contribution < 1.29 is 38.3 Å². The number of nitrogens with zero attached hydrogens (tertiary/aromatic N) is 4. The van der Waals surface area contributed by atoms with Crippen LogP contribution in [-0.2, 0) is 14.2 Å². The fourth-order valence-electron chi connectivity index (χ4n) is 4.81. The van der Waals surface area contributed by atoms with Crippen LogP contribution in [0.5, 0.6) is 5.75 Å². The average Bonchev–Trinajstić information content (AvgIpc) is 3.19. The predicted molar refractivity (Wildman–Crippen MR) is 217 cm³/mol. The van der Waals surface area contributed by atoms with Gasteiger partial charge in [0.2, 0.25) is 0 Å². The Morgan fingerprint density at radius 2 is 1.13 bits per heavy atom. The van der Waals surface area contributed by atoms with Crippen LogP contribution >= 0.6 is 45.2 Å². The number of carbonyl (C=O) groups is 3. The first-order chi connectivity index (χ1) is 26.2. The summed E-state index contributed by atoms with van der Waals surface area (Å²) in [4.78, 5) is 50.3. The Balaban J connectivity index is 1.23. The fourth-order valence-corrected chi connectivity index (χ4v) is 5.52. The Morgan fingerprint density at radius 1 is 0.611 bits per heavy atom. The van der Waals surface area contributed by atoms with Crippen LogP contribution in [-0.4, -0.2) is 62.3 Å². The minimum atomic E-state index is -0.556. The number of rotatable bonds is 17. The number of esters is 3. The highest BCUT2D eigenvalue weighted by Gasteiger charge is 2.15. The molecule has 0 atom stereocenters. The molecule has 0 aliphatic carbocycles. The Kier molecular flexibility index (Phi) is 14.8. The van der Waals surface area contributed by atoms with Gasteiger partial charge in [0, 0.05) is 18.9 Å². The lowest BCUT2D eigenvalue weighted by molar-refractivity contribution is -0.384. The van der Waals surface area contributed by atoms with Gasteiger partial charge in [-0.15, -0.1) is 5.11 Å². The van der Waals surface area contributed by atoms with Gasteiger partial charge in [-0.05, 0) is 136 Å². The maximum absolute atomic E-state index is 12.6. The summed E-state index contributed by atoms with van der Waals surface area (Å²) < 4.78 is 24.0. The van der Waals surface area contributed by atoms with Crippen molar-refractivity contribution in [2.24, 2.45) is 10.2 Å². The number of nitro groups is 1. The van der Waals surface area contributed by atoms with Crippen LogP contribution < -0.4 is 9.64 Å². The van der Waals surface area contributed by atoms with Gasteiger partial charge in [-0.2, -0.15) is 5.11 Å². The van der Waals surface area contributed by atoms with E-state index in [0.717, 1.165) is 12.8 Å². The third kappa shape index (κ3) is 12.1. The molecule has 0 unspecified atom stereocenters. The number of hydrogen-bond acceptors (Lipinski definition) is 12. The van der Waals surface area contributed by atoms with E-state index in [9.17, 15) is 24.5 Å². The largest absolute Gasteiger partial charge is 0.487 e. The summed E-state index contributed by atoms with van der Waals surface area (Å²) in [6, 6.07) is 33.5. The Morgan fingerprint density at radius 3 is 1.67 bits per heavy atom. The summed E-state index contributed by atoms with van der Waals surface area (Å²) in [5.41, 5.74) is 2.50. The van der Waals surface area contributed by atoms with Gasteiger partial charge >= 0.3 is 17.9 Å². The number of carbonyl (C=O) groups excluding carboxylic acids is 3. The molecule has 0 saturated carbocycles. The molecule has 0 heterocycles. The molecule has 5 rings (SSSR count). The van der Waals surface area contributed by atoms with Gasteiger partial charge in [0.1, 0.15) is 32.1 Å². The van der Waals surface area contributed by atoms with Gasteiger partial charge < -0.3 is 23.8 Å². The van der Waals surface area contributed by atoms with Gasteiger partial charge in [-0.25, -0.2) is 14.4 Å². The second kappa shape index (κ2) is 20.1. The molecule has 0 bridgehead atoms. The molecular formula is C39H32I2N4O9. The van der Waals surface area contributed by atoms with Crippen molar-refractivity contribution in [3.63, 3.8) is 0 Å². The van der Waals surface area contributed by atoms with Crippen LogP contribution in [0, 0.1) is 17.3 Å². The second-order valence-electron chi connectivity index (χ2n) is 11.2. The molecule has 0 N–H and O–H groups in total. The van der Waals surface area contributed by atoms with Gasteiger partial charge in [0.25, 0.3) is 5.69 Å². The van der Waals surface area contributed by atoms with E-state index in [1.807, 2.05) is 29.2 Å². The highest BCUT2D eigenvalue weighted by atomic mass is 127. The van der Waals surface area contributed by atoms with Crippen molar-refractivity contribution in [1.29, 1.82) is 0 Å². The lowest BCUT2D eigenvalue weighted by atomic mass is 10.2. The van der Waals surface area contributed by atoms with Crippen molar-refractivity contribution in [3.05, 3.63) is 155 Å². The normalized spacial score (nSPS) is 10.8. The summed E-state index contributed by atoms with van der Waals surface area (Å²) in [5.74, 6) is -1.33. The number of ether oxygens (including phenoxy) is 4. The Labute approximate surface area is 337 Å². The zero-order valence-corrected chi connectivity index (χ0v) is 32.8. The van der Waals surface area contributed by atoms with Crippen LogP contribution in [0.2, 0.25) is 0 Å². The average molecular weight is 955 g/mol. The first-order valence-electron chi connectivity index (χ1n) is 16.4. The monoisotopic (exact) mass is 954 g/mol. The third-order valence-electron chi connectivity index (χ3n) is 7.57. The summed E-state index contributed by atoms with van der Waals surface area (Å²) in [7, 11) is 0. The summed E-state index contributed by atoms with van der Waals surface area (Å²) in [6.07, 6.45) is 0. The third-order valence-corrected chi connectivity index (χ3v) is 9.01.